The molecule has 16 heavy (non-hydrogen) atoms. The minimum Gasteiger partial charge on any atom is -0.398 e. The van der Waals surface area contributed by atoms with Gasteiger partial charge in [-0.2, -0.15) is 0 Å². The summed E-state index contributed by atoms with van der Waals surface area (Å²) < 4.78 is 0. The molecule has 0 aliphatic carbocycles. The molecule has 0 saturated carbocycles. The Hall–Kier alpha value is -2.02. The molecule has 2 aromatic carbocycles. The first-order valence-electron chi connectivity index (χ1n) is 5.35. The van der Waals surface area contributed by atoms with E-state index < -0.39 is 0 Å². The predicted octanol–water partition coefficient (Wildman–Crippen LogP) is 3.50. The summed E-state index contributed by atoms with van der Waals surface area (Å²) in [4.78, 5) is 0. The molecular formula is C15H15N. The summed E-state index contributed by atoms with van der Waals surface area (Å²) in [6.45, 7) is 3.76. The standard InChI is InChI=1S/C15H15N/c1-2-13-9-6-10-14(15(13)16)11-12-7-4-3-5-8-12/h2-10H,1,11,16H2. The Bertz CT molecular complexity index is 486. The molecule has 80 valence electrons. The number of benzene rings is 2. The molecule has 1 nitrogen and oxygen atoms in total. The Labute approximate surface area is 96.2 Å². The van der Waals surface area contributed by atoms with Crippen LogP contribution in [0.25, 0.3) is 6.08 Å². The molecule has 0 saturated heterocycles. The Morgan fingerprint density at radius 2 is 1.75 bits per heavy atom. The fourth-order valence-electron chi connectivity index (χ4n) is 1.78. The average molecular weight is 209 g/mol. The van der Waals surface area contributed by atoms with Crippen molar-refractivity contribution < 1.29 is 0 Å². The largest absolute Gasteiger partial charge is 0.398 e. The van der Waals surface area contributed by atoms with Crippen LogP contribution >= 0.6 is 0 Å². The number of rotatable bonds is 3. The average Bonchev–Trinajstić information content (AvgIpc) is 2.33. The van der Waals surface area contributed by atoms with Gasteiger partial charge in [0.15, 0.2) is 0 Å². The van der Waals surface area contributed by atoms with Gasteiger partial charge < -0.3 is 5.73 Å². The molecule has 2 rings (SSSR count). The first kappa shape index (κ1) is 10.5. The third-order valence-corrected chi connectivity index (χ3v) is 2.69. The minimum absolute atomic E-state index is 0.835. The van der Waals surface area contributed by atoms with E-state index in [0.29, 0.717) is 0 Å². The molecule has 0 radical (unpaired) electrons. The van der Waals surface area contributed by atoms with E-state index in [0.717, 1.165) is 23.2 Å². The highest BCUT2D eigenvalue weighted by Crippen LogP contribution is 2.21. The lowest BCUT2D eigenvalue weighted by atomic mass is 10.0. The van der Waals surface area contributed by atoms with Crippen LogP contribution in [-0.2, 0) is 6.42 Å². The first-order valence-corrected chi connectivity index (χ1v) is 5.35. The number of para-hydroxylation sites is 1. The van der Waals surface area contributed by atoms with Crippen molar-refractivity contribution in [3.8, 4) is 0 Å². The summed E-state index contributed by atoms with van der Waals surface area (Å²) in [5, 5.41) is 0. The van der Waals surface area contributed by atoms with Crippen molar-refractivity contribution in [2.45, 2.75) is 6.42 Å². The summed E-state index contributed by atoms with van der Waals surface area (Å²) in [7, 11) is 0. The molecule has 2 N–H and O–H groups in total. The van der Waals surface area contributed by atoms with Gasteiger partial charge in [0, 0.05) is 5.69 Å². The van der Waals surface area contributed by atoms with Crippen molar-refractivity contribution in [3.05, 3.63) is 71.8 Å². The quantitative estimate of drug-likeness (QED) is 0.769. The minimum atomic E-state index is 0.835. The fraction of sp³-hybridized carbons (Fsp3) is 0.0667. The van der Waals surface area contributed by atoms with Gasteiger partial charge >= 0.3 is 0 Å². The van der Waals surface area contributed by atoms with Crippen LogP contribution in [-0.4, -0.2) is 0 Å². The van der Waals surface area contributed by atoms with Crippen LogP contribution in [0.1, 0.15) is 16.7 Å². The summed E-state index contributed by atoms with van der Waals surface area (Å²) in [6, 6.07) is 16.4. The van der Waals surface area contributed by atoms with E-state index >= 15 is 0 Å². The number of nitrogens with two attached hydrogens (primary N) is 1. The second-order valence-corrected chi connectivity index (χ2v) is 3.79. The van der Waals surface area contributed by atoms with E-state index in [-0.39, 0.29) is 0 Å². The Morgan fingerprint density at radius 1 is 1.00 bits per heavy atom. The monoisotopic (exact) mass is 209 g/mol. The zero-order valence-electron chi connectivity index (χ0n) is 9.19. The maximum absolute atomic E-state index is 6.07. The highest BCUT2D eigenvalue weighted by Gasteiger charge is 2.02. The van der Waals surface area contributed by atoms with E-state index in [4.69, 9.17) is 5.73 Å². The summed E-state index contributed by atoms with van der Waals surface area (Å²) >= 11 is 0. The maximum atomic E-state index is 6.07. The van der Waals surface area contributed by atoms with Crippen molar-refractivity contribution in [1.82, 2.24) is 0 Å². The normalized spacial score (nSPS) is 10.0. The SMILES string of the molecule is C=Cc1cccc(Cc2ccccc2)c1N. The van der Waals surface area contributed by atoms with E-state index in [2.05, 4.69) is 24.8 Å². The Kier molecular flexibility index (Phi) is 3.06. The van der Waals surface area contributed by atoms with Crippen molar-refractivity contribution in [2.75, 3.05) is 5.73 Å². The van der Waals surface area contributed by atoms with Gasteiger partial charge in [0.2, 0.25) is 0 Å². The summed E-state index contributed by atoms with van der Waals surface area (Å²) in [5.41, 5.74) is 10.3. The molecule has 1 heteroatoms. The molecule has 0 aromatic heterocycles. The van der Waals surface area contributed by atoms with Crippen LogP contribution in [0.5, 0.6) is 0 Å². The third kappa shape index (κ3) is 2.14. The molecule has 0 heterocycles. The molecule has 0 unspecified atom stereocenters. The smallest absolute Gasteiger partial charge is 0.0423 e. The van der Waals surface area contributed by atoms with Gasteiger partial charge in [0.05, 0.1) is 0 Å². The lowest BCUT2D eigenvalue weighted by molar-refractivity contribution is 1.20. The zero-order valence-corrected chi connectivity index (χ0v) is 9.19. The topological polar surface area (TPSA) is 26.0 Å². The van der Waals surface area contributed by atoms with Gasteiger partial charge in [-0.15, -0.1) is 0 Å². The van der Waals surface area contributed by atoms with Gasteiger partial charge in [-0.3, -0.25) is 0 Å². The third-order valence-electron chi connectivity index (χ3n) is 2.69. The van der Waals surface area contributed by atoms with Gasteiger partial charge in [-0.25, -0.2) is 0 Å². The summed E-state index contributed by atoms with van der Waals surface area (Å²) in [5.74, 6) is 0. The lowest BCUT2D eigenvalue weighted by Crippen LogP contribution is -1.97. The molecule has 0 spiro atoms. The Morgan fingerprint density at radius 3 is 2.44 bits per heavy atom. The molecular weight excluding hydrogens is 194 g/mol. The number of hydrogen-bond acceptors (Lipinski definition) is 1. The van der Waals surface area contributed by atoms with E-state index in [1.165, 1.54) is 5.56 Å². The van der Waals surface area contributed by atoms with Gasteiger partial charge in [-0.05, 0) is 23.1 Å². The second-order valence-electron chi connectivity index (χ2n) is 3.79. The molecule has 0 bridgehead atoms. The van der Waals surface area contributed by atoms with Crippen LogP contribution in [0, 0.1) is 0 Å². The van der Waals surface area contributed by atoms with Crippen LogP contribution in [0.15, 0.2) is 55.1 Å². The van der Waals surface area contributed by atoms with E-state index in [1.807, 2.05) is 30.3 Å². The van der Waals surface area contributed by atoms with Crippen molar-refractivity contribution in [2.24, 2.45) is 0 Å². The van der Waals surface area contributed by atoms with Crippen molar-refractivity contribution in [1.29, 1.82) is 0 Å². The van der Waals surface area contributed by atoms with Gasteiger partial charge in [0.25, 0.3) is 0 Å². The van der Waals surface area contributed by atoms with E-state index in [9.17, 15) is 0 Å². The van der Waals surface area contributed by atoms with Crippen LogP contribution in [0.4, 0.5) is 5.69 Å². The Balaban J connectivity index is 2.32. The summed E-state index contributed by atoms with van der Waals surface area (Å²) in [6.07, 6.45) is 2.66. The molecule has 0 amide bonds. The van der Waals surface area contributed by atoms with Crippen LogP contribution in [0.2, 0.25) is 0 Å². The molecule has 0 aliphatic heterocycles. The van der Waals surface area contributed by atoms with Crippen molar-refractivity contribution in [3.63, 3.8) is 0 Å². The fourth-order valence-corrected chi connectivity index (χ4v) is 1.78. The molecule has 0 fully saturated rings. The molecule has 0 atom stereocenters. The highest BCUT2D eigenvalue weighted by molar-refractivity contribution is 5.67. The molecule has 0 aliphatic rings. The second kappa shape index (κ2) is 4.67. The predicted molar refractivity (Wildman–Crippen MR) is 70.2 cm³/mol. The lowest BCUT2D eigenvalue weighted by Gasteiger charge is -2.08. The number of anilines is 1. The van der Waals surface area contributed by atoms with Crippen LogP contribution in [0.3, 0.4) is 0 Å². The zero-order chi connectivity index (χ0) is 11.4. The van der Waals surface area contributed by atoms with Crippen molar-refractivity contribution >= 4 is 11.8 Å². The first-order chi connectivity index (χ1) is 7.81. The van der Waals surface area contributed by atoms with Crippen LogP contribution < -0.4 is 5.73 Å². The molecule has 2 aromatic rings. The number of nitrogen functional groups attached to an aromatic ring is 1. The number of hydrogen-bond donors (Lipinski definition) is 1. The van der Waals surface area contributed by atoms with E-state index in [1.54, 1.807) is 6.08 Å². The maximum Gasteiger partial charge on any atom is 0.0423 e. The van der Waals surface area contributed by atoms with Gasteiger partial charge in [0.1, 0.15) is 0 Å². The highest BCUT2D eigenvalue weighted by atomic mass is 14.6. The van der Waals surface area contributed by atoms with Gasteiger partial charge in [-0.1, -0.05) is 61.2 Å².